The summed E-state index contributed by atoms with van der Waals surface area (Å²) in [7, 11) is 0. The van der Waals surface area contributed by atoms with E-state index in [-0.39, 0.29) is 23.3 Å². The summed E-state index contributed by atoms with van der Waals surface area (Å²) in [5.74, 6) is -1.53. The van der Waals surface area contributed by atoms with Crippen molar-refractivity contribution in [3.63, 3.8) is 0 Å². The van der Waals surface area contributed by atoms with E-state index in [4.69, 9.17) is 8.83 Å². The Kier molecular flexibility index (Phi) is 4.53. The van der Waals surface area contributed by atoms with E-state index in [1.165, 1.54) is 29.4 Å². The third-order valence-corrected chi connectivity index (χ3v) is 5.34. The summed E-state index contributed by atoms with van der Waals surface area (Å²) in [5, 5.41) is -0.182. The van der Waals surface area contributed by atoms with Crippen LogP contribution in [0.4, 0.5) is 22.0 Å². The van der Waals surface area contributed by atoms with E-state index in [2.05, 4.69) is 15.0 Å². The second kappa shape index (κ2) is 7.18. The molecule has 0 radical (unpaired) electrons. The molecule has 5 rings (SSSR count). The lowest BCUT2D eigenvalue weighted by atomic mass is 9.99. The van der Waals surface area contributed by atoms with Crippen molar-refractivity contribution in [2.24, 2.45) is 0 Å². The fourth-order valence-electron chi connectivity index (χ4n) is 3.95. The first-order valence-corrected chi connectivity index (χ1v) is 9.40. The van der Waals surface area contributed by atoms with Crippen molar-refractivity contribution in [1.82, 2.24) is 19.9 Å². The summed E-state index contributed by atoms with van der Waals surface area (Å²) in [6.07, 6.45) is -5.22. The molecule has 1 aromatic carbocycles. The molecular weight excluding hydrogens is 439 g/mol. The number of aromatic amines is 1. The number of amides is 1. The van der Waals surface area contributed by atoms with Crippen molar-refractivity contribution in [3.05, 3.63) is 71.2 Å². The highest BCUT2D eigenvalue weighted by molar-refractivity contribution is 5.93. The number of furan rings is 1. The molecule has 4 aromatic rings. The van der Waals surface area contributed by atoms with Gasteiger partial charge in [-0.3, -0.25) is 4.79 Å². The van der Waals surface area contributed by atoms with E-state index >= 15 is 0 Å². The molecule has 0 bridgehead atoms. The zero-order valence-corrected chi connectivity index (χ0v) is 16.0. The molecule has 0 saturated carbocycles. The summed E-state index contributed by atoms with van der Waals surface area (Å²) < 4.78 is 77.5. The minimum atomic E-state index is -4.62. The van der Waals surface area contributed by atoms with Gasteiger partial charge in [0.15, 0.2) is 12.1 Å². The number of rotatable bonds is 3. The average molecular weight is 452 g/mol. The van der Waals surface area contributed by atoms with Gasteiger partial charge in [-0.15, -0.1) is 0 Å². The Labute approximate surface area is 175 Å². The van der Waals surface area contributed by atoms with Crippen LogP contribution in [0.2, 0.25) is 0 Å². The molecule has 0 aliphatic carbocycles. The summed E-state index contributed by atoms with van der Waals surface area (Å²) in [6.45, 7) is 0.0608. The standard InChI is InChI=1S/C20H13F5N4O3/c21-18(22)15-17(31-8-28-15)19(30)29-5-4-11-14(27-7-26-11)16(29)13-6-9-10(20(23,24)25)2-1-3-12(9)32-13/h1-3,6-8,16,18H,4-5H2,(H,26,27)/t16-/m0/s1. The number of carbonyl (C=O) groups is 1. The van der Waals surface area contributed by atoms with E-state index in [1.807, 2.05) is 0 Å². The summed E-state index contributed by atoms with van der Waals surface area (Å²) in [4.78, 5) is 24.9. The van der Waals surface area contributed by atoms with Crippen LogP contribution in [0.1, 0.15) is 51.4 Å². The quantitative estimate of drug-likeness (QED) is 0.448. The number of H-pyrrole nitrogens is 1. The first-order chi connectivity index (χ1) is 15.3. The van der Waals surface area contributed by atoms with Crippen molar-refractivity contribution < 1.29 is 35.6 Å². The molecule has 4 heterocycles. The molecule has 0 fully saturated rings. The number of nitrogens with zero attached hydrogens (tertiary/aromatic N) is 3. The summed E-state index contributed by atoms with van der Waals surface area (Å²) in [5.41, 5.74) is -0.739. The van der Waals surface area contributed by atoms with Gasteiger partial charge in [-0.2, -0.15) is 13.2 Å². The number of benzene rings is 1. The van der Waals surface area contributed by atoms with Crippen LogP contribution in [-0.4, -0.2) is 32.3 Å². The van der Waals surface area contributed by atoms with Crippen LogP contribution in [0.25, 0.3) is 11.0 Å². The van der Waals surface area contributed by atoms with Gasteiger partial charge in [0.1, 0.15) is 17.4 Å². The van der Waals surface area contributed by atoms with Crippen molar-refractivity contribution >= 4 is 16.9 Å². The van der Waals surface area contributed by atoms with Crippen LogP contribution in [0.3, 0.4) is 0 Å². The molecule has 1 aliphatic heterocycles. The van der Waals surface area contributed by atoms with Crippen molar-refractivity contribution in [2.75, 3.05) is 6.54 Å². The van der Waals surface area contributed by atoms with Gasteiger partial charge in [0.05, 0.1) is 17.6 Å². The number of nitrogens with one attached hydrogen (secondary N) is 1. The maximum atomic E-state index is 13.5. The van der Waals surface area contributed by atoms with E-state index in [1.54, 1.807) is 0 Å². The number of alkyl halides is 5. The molecule has 12 heteroatoms. The van der Waals surface area contributed by atoms with Gasteiger partial charge in [-0.05, 0) is 18.2 Å². The fourth-order valence-corrected chi connectivity index (χ4v) is 3.95. The minimum Gasteiger partial charge on any atom is -0.458 e. The molecule has 0 unspecified atom stereocenters. The molecule has 0 saturated heterocycles. The summed E-state index contributed by atoms with van der Waals surface area (Å²) in [6, 6.07) is 3.66. The van der Waals surface area contributed by atoms with E-state index in [9.17, 15) is 26.7 Å². The van der Waals surface area contributed by atoms with Crippen LogP contribution in [0.15, 0.2) is 45.8 Å². The first-order valence-electron chi connectivity index (χ1n) is 9.40. The zero-order chi connectivity index (χ0) is 22.6. The van der Waals surface area contributed by atoms with Gasteiger partial charge >= 0.3 is 6.18 Å². The van der Waals surface area contributed by atoms with Crippen LogP contribution in [-0.2, 0) is 12.6 Å². The van der Waals surface area contributed by atoms with Gasteiger partial charge in [0, 0.05) is 24.0 Å². The molecular formula is C20H13F5N4O3. The Morgan fingerprint density at radius 1 is 1.25 bits per heavy atom. The van der Waals surface area contributed by atoms with Gasteiger partial charge in [0.25, 0.3) is 12.3 Å². The highest BCUT2D eigenvalue weighted by atomic mass is 19.4. The zero-order valence-electron chi connectivity index (χ0n) is 16.0. The maximum absolute atomic E-state index is 13.5. The lowest BCUT2D eigenvalue weighted by Gasteiger charge is -2.33. The Balaban J connectivity index is 1.64. The van der Waals surface area contributed by atoms with Crippen LogP contribution >= 0.6 is 0 Å². The fraction of sp³-hybridized carbons (Fsp3) is 0.250. The van der Waals surface area contributed by atoms with E-state index in [0.29, 0.717) is 17.8 Å². The largest absolute Gasteiger partial charge is 0.458 e. The Bertz CT molecular complexity index is 1310. The molecule has 1 N–H and O–H groups in total. The number of imidazole rings is 1. The van der Waals surface area contributed by atoms with Gasteiger partial charge in [0.2, 0.25) is 5.76 Å². The lowest BCUT2D eigenvalue weighted by molar-refractivity contribution is -0.136. The molecule has 7 nitrogen and oxygen atoms in total. The Hall–Kier alpha value is -3.70. The van der Waals surface area contributed by atoms with Crippen molar-refractivity contribution in [3.8, 4) is 0 Å². The lowest BCUT2D eigenvalue weighted by Crippen LogP contribution is -2.40. The highest BCUT2D eigenvalue weighted by Gasteiger charge is 2.40. The summed E-state index contributed by atoms with van der Waals surface area (Å²) >= 11 is 0. The van der Waals surface area contributed by atoms with Gasteiger partial charge in [-0.25, -0.2) is 18.7 Å². The molecule has 1 aliphatic rings. The third kappa shape index (κ3) is 3.13. The third-order valence-electron chi connectivity index (χ3n) is 5.34. The Morgan fingerprint density at radius 2 is 2.06 bits per heavy atom. The predicted molar refractivity (Wildman–Crippen MR) is 97.8 cm³/mol. The first kappa shape index (κ1) is 20.2. The number of hydrogen-bond acceptors (Lipinski definition) is 5. The van der Waals surface area contributed by atoms with Crippen LogP contribution in [0, 0.1) is 0 Å². The van der Waals surface area contributed by atoms with Gasteiger partial charge in [-0.1, -0.05) is 6.07 Å². The number of aromatic nitrogens is 3. The van der Waals surface area contributed by atoms with Crippen LogP contribution < -0.4 is 0 Å². The second-order valence-electron chi connectivity index (χ2n) is 7.15. The molecule has 166 valence electrons. The van der Waals surface area contributed by atoms with Crippen LogP contribution in [0.5, 0.6) is 0 Å². The highest BCUT2D eigenvalue weighted by Crippen LogP contribution is 2.41. The average Bonchev–Trinajstić information content (AvgIpc) is 3.49. The van der Waals surface area contributed by atoms with Crippen molar-refractivity contribution in [2.45, 2.75) is 25.1 Å². The SMILES string of the molecule is O=C(c1ocnc1C(F)F)N1CCc2[nH]cnc2[C@@H]1c1cc2c(C(F)(F)F)cccc2o1. The minimum absolute atomic E-state index is 0.0104. The second-order valence-corrected chi connectivity index (χ2v) is 7.15. The molecule has 1 atom stereocenters. The predicted octanol–water partition coefficient (Wildman–Crippen LogP) is 4.89. The monoisotopic (exact) mass is 452 g/mol. The molecule has 3 aromatic heterocycles. The number of fused-ring (bicyclic) bond motifs is 2. The number of hydrogen-bond donors (Lipinski definition) is 1. The van der Waals surface area contributed by atoms with Gasteiger partial charge < -0.3 is 18.7 Å². The smallest absolute Gasteiger partial charge is 0.417 e. The molecule has 0 spiro atoms. The topological polar surface area (TPSA) is 88.2 Å². The van der Waals surface area contributed by atoms with Crippen molar-refractivity contribution in [1.29, 1.82) is 0 Å². The number of halogens is 5. The molecule has 1 amide bonds. The van der Waals surface area contributed by atoms with E-state index < -0.39 is 41.6 Å². The number of oxazole rings is 1. The normalized spacial score (nSPS) is 16.7. The Morgan fingerprint density at radius 3 is 2.81 bits per heavy atom. The molecule has 32 heavy (non-hydrogen) atoms. The maximum Gasteiger partial charge on any atom is 0.417 e. The number of carbonyl (C=O) groups excluding carboxylic acids is 1. The van der Waals surface area contributed by atoms with E-state index in [0.717, 1.165) is 12.5 Å².